The number of ether oxygens (including phenoxy) is 1. The van der Waals surface area contributed by atoms with Gasteiger partial charge in [0.1, 0.15) is 0 Å². The Kier molecular flexibility index (Phi) is 7.70. The fourth-order valence-corrected chi connectivity index (χ4v) is 3.70. The molecule has 0 bridgehead atoms. The lowest BCUT2D eigenvalue weighted by Crippen LogP contribution is -2.39. The van der Waals surface area contributed by atoms with Gasteiger partial charge < -0.3 is 10.1 Å². The summed E-state index contributed by atoms with van der Waals surface area (Å²) in [5.74, 6) is 1.64. The van der Waals surface area contributed by atoms with E-state index in [2.05, 4.69) is 47.0 Å². The number of nitrogens with one attached hydrogen (secondary N) is 1. The van der Waals surface area contributed by atoms with Crippen LogP contribution in [0.15, 0.2) is 0 Å². The van der Waals surface area contributed by atoms with Gasteiger partial charge in [0.05, 0.1) is 0 Å². The Bertz CT molecular complexity index is 272. The average Bonchev–Trinajstić information content (AvgIpc) is 2.38. The minimum atomic E-state index is 0.472. The zero-order chi connectivity index (χ0) is 15.9. The van der Waals surface area contributed by atoms with Crippen molar-refractivity contribution in [1.29, 1.82) is 0 Å². The van der Waals surface area contributed by atoms with Gasteiger partial charge in [0.15, 0.2) is 0 Å². The van der Waals surface area contributed by atoms with E-state index in [9.17, 15) is 0 Å². The summed E-state index contributed by atoms with van der Waals surface area (Å²) in [6.07, 6.45) is 7.91. The zero-order valence-electron chi connectivity index (χ0n) is 15.4. The van der Waals surface area contributed by atoms with E-state index in [1.807, 2.05) is 0 Å². The number of hydrogen-bond acceptors (Lipinski definition) is 2. The highest BCUT2D eigenvalue weighted by atomic mass is 16.5. The number of hydrogen-bond donors (Lipinski definition) is 1. The van der Waals surface area contributed by atoms with Crippen molar-refractivity contribution in [2.45, 2.75) is 73.1 Å². The average molecular weight is 298 g/mol. The van der Waals surface area contributed by atoms with Crippen molar-refractivity contribution in [3.05, 3.63) is 0 Å². The van der Waals surface area contributed by atoms with Crippen molar-refractivity contribution in [1.82, 2.24) is 5.32 Å². The smallest absolute Gasteiger partial charge is 0.0471 e. The second kappa shape index (κ2) is 8.53. The quantitative estimate of drug-likeness (QED) is 0.645. The fraction of sp³-hybridized carbons (Fsp3) is 1.00. The van der Waals surface area contributed by atoms with Crippen molar-refractivity contribution < 1.29 is 4.74 Å². The highest BCUT2D eigenvalue weighted by molar-refractivity contribution is 4.90. The summed E-state index contributed by atoms with van der Waals surface area (Å²) in [7, 11) is 2.09. The van der Waals surface area contributed by atoms with Crippen LogP contribution < -0.4 is 5.32 Å². The molecule has 0 aromatic heterocycles. The summed E-state index contributed by atoms with van der Waals surface area (Å²) in [5.41, 5.74) is 0.952. The molecule has 0 heterocycles. The van der Waals surface area contributed by atoms with Crippen LogP contribution in [0.1, 0.15) is 73.1 Å². The molecule has 0 amide bonds. The van der Waals surface area contributed by atoms with Crippen LogP contribution >= 0.6 is 0 Å². The SMILES string of the molecule is CNCC1(CCOCCC(C)C)CCC(C(C)(C)C)CC1. The first kappa shape index (κ1) is 19.0. The molecular formula is C19H39NO. The molecule has 0 radical (unpaired) electrons. The molecule has 0 atom stereocenters. The van der Waals surface area contributed by atoms with Crippen LogP contribution in [0.5, 0.6) is 0 Å². The van der Waals surface area contributed by atoms with E-state index in [1.54, 1.807) is 0 Å². The van der Waals surface area contributed by atoms with Crippen LogP contribution in [0.4, 0.5) is 0 Å². The van der Waals surface area contributed by atoms with Gasteiger partial charge in [0.2, 0.25) is 0 Å². The van der Waals surface area contributed by atoms with E-state index >= 15 is 0 Å². The third-order valence-electron chi connectivity index (χ3n) is 5.44. The van der Waals surface area contributed by atoms with Gasteiger partial charge in [-0.15, -0.1) is 0 Å². The van der Waals surface area contributed by atoms with Gasteiger partial charge in [0.25, 0.3) is 0 Å². The largest absolute Gasteiger partial charge is 0.381 e. The Morgan fingerprint density at radius 3 is 2.24 bits per heavy atom. The molecule has 1 aliphatic carbocycles. The standard InChI is InChI=1S/C19H39NO/c1-16(2)9-13-21-14-12-19(15-20-6)10-7-17(8-11-19)18(3,4)5/h16-17,20H,7-15H2,1-6H3. The molecule has 2 heteroatoms. The lowest BCUT2D eigenvalue weighted by molar-refractivity contribution is 0.0410. The molecule has 126 valence electrons. The first-order valence-electron chi connectivity index (χ1n) is 9.01. The lowest BCUT2D eigenvalue weighted by atomic mass is 9.63. The van der Waals surface area contributed by atoms with Gasteiger partial charge in [-0.3, -0.25) is 0 Å². The minimum absolute atomic E-state index is 0.472. The first-order chi connectivity index (χ1) is 9.79. The molecule has 1 saturated carbocycles. The van der Waals surface area contributed by atoms with Crippen molar-refractivity contribution in [2.24, 2.45) is 22.7 Å². The highest BCUT2D eigenvalue weighted by Gasteiger charge is 2.37. The van der Waals surface area contributed by atoms with Crippen LogP contribution in [-0.4, -0.2) is 26.8 Å². The molecule has 1 N–H and O–H groups in total. The van der Waals surface area contributed by atoms with E-state index in [4.69, 9.17) is 4.74 Å². The third kappa shape index (κ3) is 6.69. The maximum absolute atomic E-state index is 5.88. The van der Waals surface area contributed by atoms with Gasteiger partial charge in [-0.25, -0.2) is 0 Å². The van der Waals surface area contributed by atoms with Gasteiger partial charge in [-0.05, 0) is 68.2 Å². The second-order valence-corrected chi connectivity index (χ2v) is 8.72. The van der Waals surface area contributed by atoms with E-state index in [-0.39, 0.29) is 0 Å². The summed E-state index contributed by atoms with van der Waals surface area (Å²) in [6.45, 7) is 14.7. The van der Waals surface area contributed by atoms with Gasteiger partial charge in [-0.2, -0.15) is 0 Å². The Hall–Kier alpha value is -0.0800. The molecule has 1 fully saturated rings. The van der Waals surface area contributed by atoms with Crippen LogP contribution in [0, 0.1) is 22.7 Å². The Morgan fingerprint density at radius 2 is 1.76 bits per heavy atom. The maximum atomic E-state index is 5.88. The Balaban J connectivity index is 2.39. The monoisotopic (exact) mass is 297 g/mol. The van der Waals surface area contributed by atoms with Crippen molar-refractivity contribution in [3.63, 3.8) is 0 Å². The molecule has 21 heavy (non-hydrogen) atoms. The van der Waals surface area contributed by atoms with Crippen LogP contribution in [0.3, 0.4) is 0 Å². The van der Waals surface area contributed by atoms with Crippen molar-refractivity contribution >= 4 is 0 Å². The summed E-state index contributed by atoms with van der Waals surface area (Å²) in [5, 5.41) is 3.44. The normalized spacial score (nSPS) is 27.3. The third-order valence-corrected chi connectivity index (χ3v) is 5.44. The van der Waals surface area contributed by atoms with Crippen LogP contribution in [0.25, 0.3) is 0 Å². The molecule has 0 aromatic rings. The summed E-state index contributed by atoms with van der Waals surface area (Å²) < 4.78 is 5.88. The summed E-state index contributed by atoms with van der Waals surface area (Å²) in [4.78, 5) is 0. The second-order valence-electron chi connectivity index (χ2n) is 8.72. The highest BCUT2D eigenvalue weighted by Crippen LogP contribution is 2.46. The number of rotatable bonds is 8. The molecule has 0 spiro atoms. The van der Waals surface area contributed by atoms with Gasteiger partial charge >= 0.3 is 0 Å². The van der Waals surface area contributed by atoms with Crippen LogP contribution in [-0.2, 0) is 4.74 Å². The molecule has 0 saturated heterocycles. The van der Waals surface area contributed by atoms with E-state index in [1.165, 1.54) is 38.5 Å². The van der Waals surface area contributed by atoms with Gasteiger partial charge in [0, 0.05) is 19.8 Å². The predicted octanol–water partition coefficient (Wildman–Crippen LogP) is 4.88. The van der Waals surface area contributed by atoms with E-state index < -0.39 is 0 Å². The molecular weight excluding hydrogens is 258 g/mol. The molecule has 1 rings (SSSR count). The molecule has 0 aromatic carbocycles. The van der Waals surface area contributed by atoms with Crippen molar-refractivity contribution in [3.8, 4) is 0 Å². The fourth-order valence-electron chi connectivity index (χ4n) is 3.70. The summed E-state index contributed by atoms with van der Waals surface area (Å²) in [6, 6.07) is 0. The van der Waals surface area contributed by atoms with Gasteiger partial charge in [-0.1, -0.05) is 34.6 Å². The van der Waals surface area contributed by atoms with E-state index in [0.29, 0.717) is 10.8 Å². The van der Waals surface area contributed by atoms with E-state index in [0.717, 1.165) is 31.6 Å². The Labute approximate surface area is 133 Å². The van der Waals surface area contributed by atoms with Crippen LogP contribution in [0.2, 0.25) is 0 Å². The lowest BCUT2D eigenvalue weighted by Gasteiger charge is -2.44. The molecule has 2 nitrogen and oxygen atoms in total. The zero-order valence-corrected chi connectivity index (χ0v) is 15.4. The summed E-state index contributed by atoms with van der Waals surface area (Å²) >= 11 is 0. The molecule has 1 aliphatic rings. The topological polar surface area (TPSA) is 21.3 Å². The maximum Gasteiger partial charge on any atom is 0.0471 e. The van der Waals surface area contributed by atoms with Crippen molar-refractivity contribution in [2.75, 3.05) is 26.8 Å². The molecule has 0 aliphatic heterocycles. The minimum Gasteiger partial charge on any atom is -0.381 e. The predicted molar refractivity (Wildman–Crippen MR) is 92.7 cm³/mol. The Morgan fingerprint density at radius 1 is 1.14 bits per heavy atom. The molecule has 0 unspecified atom stereocenters. The first-order valence-corrected chi connectivity index (χ1v) is 9.01.